The summed E-state index contributed by atoms with van der Waals surface area (Å²) in [6.45, 7) is 5.95. The first-order chi connectivity index (χ1) is 9.79. The number of carboxylic acids is 1. The molecule has 114 valence electrons. The van der Waals surface area contributed by atoms with Crippen LogP contribution in [0.5, 0.6) is 0 Å². The third-order valence-corrected chi connectivity index (χ3v) is 3.79. The number of amides is 1. The Kier molecular flexibility index (Phi) is 4.21. The predicted molar refractivity (Wildman–Crippen MR) is 81.1 cm³/mol. The van der Waals surface area contributed by atoms with Gasteiger partial charge >= 0.3 is 5.97 Å². The Balaban J connectivity index is 2.06. The molecule has 2 atom stereocenters. The van der Waals surface area contributed by atoms with Gasteiger partial charge in [-0.3, -0.25) is 4.79 Å². The summed E-state index contributed by atoms with van der Waals surface area (Å²) >= 11 is 0. The van der Waals surface area contributed by atoms with E-state index in [9.17, 15) is 14.7 Å². The van der Waals surface area contributed by atoms with Crippen LogP contribution in [-0.2, 0) is 16.0 Å². The van der Waals surface area contributed by atoms with Crippen LogP contribution in [0.4, 0.5) is 5.69 Å². The van der Waals surface area contributed by atoms with Gasteiger partial charge in [0.1, 0.15) is 6.04 Å². The number of rotatable bonds is 3. The quantitative estimate of drug-likeness (QED) is 0.794. The van der Waals surface area contributed by atoms with Crippen molar-refractivity contribution >= 4 is 17.6 Å². The molecule has 1 aliphatic rings. The normalized spacial score (nSPS) is 19.1. The molecular formula is C16H22N2O3. The second kappa shape index (κ2) is 5.76. The molecule has 1 heterocycles. The number of carbonyl (C=O) groups is 2. The molecule has 0 aromatic heterocycles. The molecule has 0 aliphatic carbocycles. The second-order valence-corrected chi connectivity index (χ2v) is 6.58. The van der Waals surface area contributed by atoms with Crippen LogP contribution in [-0.4, -0.2) is 29.6 Å². The maximum Gasteiger partial charge on any atom is 0.326 e. The average molecular weight is 290 g/mol. The van der Waals surface area contributed by atoms with Crippen molar-refractivity contribution in [1.29, 1.82) is 0 Å². The fourth-order valence-corrected chi connectivity index (χ4v) is 2.54. The SMILES string of the molecule is CC(C)(C)C(NC(=O)C1CNc2ccccc2C1)C(=O)O. The molecule has 1 aromatic rings. The van der Waals surface area contributed by atoms with Crippen molar-refractivity contribution in [3.8, 4) is 0 Å². The molecule has 0 fully saturated rings. The molecule has 2 unspecified atom stereocenters. The number of fused-ring (bicyclic) bond motifs is 1. The molecule has 3 N–H and O–H groups in total. The van der Waals surface area contributed by atoms with E-state index in [0.717, 1.165) is 11.3 Å². The summed E-state index contributed by atoms with van der Waals surface area (Å²) < 4.78 is 0. The highest BCUT2D eigenvalue weighted by Crippen LogP contribution is 2.25. The monoisotopic (exact) mass is 290 g/mol. The number of benzene rings is 1. The third-order valence-electron chi connectivity index (χ3n) is 3.79. The van der Waals surface area contributed by atoms with Crippen LogP contribution >= 0.6 is 0 Å². The van der Waals surface area contributed by atoms with Gasteiger partial charge in [-0.05, 0) is 23.5 Å². The van der Waals surface area contributed by atoms with Gasteiger partial charge in [0.05, 0.1) is 5.92 Å². The Morgan fingerprint density at radius 3 is 2.62 bits per heavy atom. The summed E-state index contributed by atoms with van der Waals surface area (Å²) in [5, 5.41) is 15.2. The van der Waals surface area contributed by atoms with E-state index in [1.165, 1.54) is 0 Å². The van der Waals surface area contributed by atoms with Crippen molar-refractivity contribution in [3.63, 3.8) is 0 Å². The Morgan fingerprint density at radius 2 is 2.00 bits per heavy atom. The fraction of sp³-hybridized carbons (Fsp3) is 0.500. The largest absolute Gasteiger partial charge is 0.480 e. The highest BCUT2D eigenvalue weighted by molar-refractivity contribution is 5.86. The van der Waals surface area contributed by atoms with E-state index in [1.54, 1.807) is 20.8 Å². The third kappa shape index (κ3) is 3.54. The van der Waals surface area contributed by atoms with Crippen LogP contribution in [0.3, 0.4) is 0 Å². The van der Waals surface area contributed by atoms with E-state index in [4.69, 9.17) is 0 Å². The summed E-state index contributed by atoms with van der Waals surface area (Å²) in [5.41, 5.74) is 1.61. The second-order valence-electron chi connectivity index (χ2n) is 6.58. The Bertz CT molecular complexity index is 549. The molecule has 21 heavy (non-hydrogen) atoms. The molecule has 1 aliphatic heterocycles. The van der Waals surface area contributed by atoms with E-state index in [1.807, 2.05) is 24.3 Å². The summed E-state index contributed by atoms with van der Waals surface area (Å²) in [7, 11) is 0. The number of nitrogens with one attached hydrogen (secondary N) is 2. The number of carbonyl (C=O) groups excluding carboxylic acids is 1. The predicted octanol–water partition coefficient (Wildman–Crippen LogP) is 1.89. The van der Waals surface area contributed by atoms with Crippen LogP contribution in [0.1, 0.15) is 26.3 Å². The van der Waals surface area contributed by atoms with Crippen molar-refractivity contribution in [2.45, 2.75) is 33.2 Å². The maximum absolute atomic E-state index is 12.4. The molecule has 0 radical (unpaired) electrons. The van der Waals surface area contributed by atoms with Crippen molar-refractivity contribution in [3.05, 3.63) is 29.8 Å². The average Bonchev–Trinajstić information content (AvgIpc) is 2.42. The zero-order chi connectivity index (χ0) is 15.6. The lowest BCUT2D eigenvalue weighted by Crippen LogP contribution is -2.52. The van der Waals surface area contributed by atoms with E-state index in [2.05, 4.69) is 10.6 Å². The zero-order valence-electron chi connectivity index (χ0n) is 12.6. The minimum absolute atomic E-state index is 0.209. The van der Waals surface area contributed by atoms with Crippen molar-refractivity contribution in [1.82, 2.24) is 5.32 Å². The highest BCUT2D eigenvalue weighted by Gasteiger charge is 2.35. The number of anilines is 1. The number of carboxylic acid groups (broad SMARTS) is 1. The summed E-state index contributed by atoms with van der Waals surface area (Å²) in [6.07, 6.45) is 0.630. The number of hydrogen-bond acceptors (Lipinski definition) is 3. The first-order valence-corrected chi connectivity index (χ1v) is 7.14. The molecule has 5 heteroatoms. The minimum Gasteiger partial charge on any atom is -0.480 e. The molecular weight excluding hydrogens is 268 g/mol. The molecule has 5 nitrogen and oxygen atoms in total. The summed E-state index contributed by atoms with van der Waals surface area (Å²) in [6, 6.07) is 6.98. The lowest BCUT2D eigenvalue weighted by atomic mass is 9.85. The van der Waals surface area contributed by atoms with E-state index in [0.29, 0.717) is 13.0 Å². The van der Waals surface area contributed by atoms with Gasteiger partial charge in [0.25, 0.3) is 0 Å². The number of hydrogen-bond donors (Lipinski definition) is 3. The number of aliphatic carboxylic acids is 1. The Labute approximate surface area is 124 Å². The van der Waals surface area contributed by atoms with Gasteiger partial charge in [-0.25, -0.2) is 4.79 Å². The lowest BCUT2D eigenvalue weighted by molar-refractivity contribution is -0.145. The Morgan fingerprint density at radius 1 is 1.33 bits per heavy atom. The summed E-state index contributed by atoms with van der Waals surface area (Å²) in [5.74, 6) is -1.46. The highest BCUT2D eigenvalue weighted by atomic mass is 16.4. The summed E-state index contributed by atoms with van der Waals surface area (Å²) in [4.78, 5) is 23.7. The van der Waals surface area contributed by atoms with Crippen LogP contribution in [0, 0.1) is 11.3 Å². The van der Waals surface area contributed by atoms with Gasteiger partial charge in [-0.15, -0.1) is 0 Å². The van der Waals surface area contributed by atoms with Crippen molar-refractivity contribution < 1.29 is 14.7 Å². The van der Waals surface area contributed by atoms with Crippen LogP contribution in [0.25, 0.3) is 0 Å². The van der Waals surface area contributed by atoms with Crippen molar-refractivity contribution in [2.75, 3.05) is 11.9 Å². The standard InChI is InChI=1S/C16H22N2O3/c1-16(2,3)13(15(20)21)18-14(19)11-8-10-6-4-5-7-12(10)17-9-11/h4-7,11,13,17H,8-9H2,1-3H3,(H,18,19)(H,20,21). The zero-order valence-corrected chi connectivity index (χ0v) is 12.6. The molecule has 2 rings (SSSR count). The van der Waals surface area contributed by atoms with Gasteiger partial charge in [0, 0.05) is 12.2 Å². The minimum atomic E-state index is -1.000. The van der Waals surface area contributed by atoms with Crippen LogP contribution in [0.15, 0.2) is 24.3 Å². The first kappa shape index (κ1) is 15.4. The maximum atomic E-state index is 12.4. The molecule has 0 saturated carbocycles. The van der Waals surface area contributed by atoms with Gasteiger partial charge < -0.3 is 15.7 Å². The molecule has 0 saturated heterocycles. The Hall–Kier alpha value is -2.04. The van der Waals surface area contributed by atoms with E-state index in [-0.39, 0.29) is 11.8 Å². The smallest absolute Gasteiger partial charge is 0.326 e. The van der Waals surface area contributed by atoms with E-state index >= 15 is 0 Å². The first-order valence-electron chi connectivity index (χ1n) is 7.14. The molecule has 0 spiro atoms. The van der Waals surface area contributed by atoms with Crippen molar-refractivity contribution in [2.24, 2.45) is 11.3 Å². The molecule has 1 aromatic carbocycles. The molecule has 0 bridgehead atoms. The van der Waals surface area contributed by atoms with Gasteiger partial charge in [-0.1, -0.05) is 39.0 Å². The van der Waals surface area contributed by atoms with Gasteiger partial charge in [0.2, 0.25) is 5.91 Å². The van der Waals surface area contributed by atoms with Gasteiger partial charge in [0.15, 0.2) is 0 Å². The van der Waals surface area contributed by atoms with Crippen LogP contribution in [0.2, 0.25) is 0 Å². The fourth-order valence-electron chi connectivity index (χ4n) is 2.54. The van der Waals surface area contributed by atoms with Crippen LogP contribution < -0.4 is 10.6 Å². The van der Waals surface area contributed by atoms with E-state index < -0.39 is 17.4 Å². The lowest BCUT2D eigenvalue weighted by Gasteiger charge is -2.31. The van der Waals surface area contributed by atoms with Gasteiger partial charge in [-0.2, -0.15) is 0 Å². The molecule has 1 amide bonds. The number of para-hydroxylation sites is 1. The topological polar surface area (TPSA) is 78.4 Å².